The molecule has 0 saturated carbocycles. The third kappa shape index (κ3) is 5.06. The van der Waals surface area contributed by atoms with Crippen LogP contribution in [0.3, 0.4) is 0 Å². The van der Waals surface area contributed by atoms with Gasteiger partial charge >= 0.3 is 0 Å². The van der Waals surface area contributed by atoms with Crippen LogP contribution in [-0.4, -0.2) is 12.5 Å². The molecule has 29 heavy (non-hydrogen) atoms. The Kier molecular flexibility index (Phi) is 6.73. The van der Waals surface area contributed by atoms with Crippen LogP contribution in [-0.2, 0) is 11.4 Å². The van der Waals surface area contributed by atoms with E-state index in [2.05, 4.69) is 46.9 Å². The van der Waals surface area contributed by atoms with Crippen LogP contribution in [0, 0.1) is 14.9 Å². The summed E-state index contributed by atoms with van der Waals surface area (Å²) in [6.07, 6.45) is 1.44. The predicted molar refractivity (Wildman–Crippen MR) is 121 cm³/mol. The highest BCUT2D eigenvalue weighted by Gasteiger charge is 2.13. The molecular weight excluding hydrogens is 479 g/mol. The van der Waals surface area contributed by atoms with Crippen LogP contribution in [0.2, 0.25) is 0 Å². The molecule has 5 nitrogen and oxygen atoms in total. The number of amides is 1. The quantitative estimate of drug-likeness (QED) is 0.288. The van der Waals surface area contributed by atoms with Crippen molar-refractivity contribution in [3.8, 4) is 17.6 Å². The van der Waals surface area contributed by atoms with Crippen molar-refractivity contribution in [3.05, 3.63) is 74.9 Å². The summed E-state index contributed by atoms with van der Waals surface area (Å²) < 4.78 is 12.6. The maximum atomic E-state index is 11.3. The van der Waals surface area contributed by atoms with Crippen molar-refractivity contribution in [2.24, 2.45) is 5.73 Å². The summed E-state index contributed by atoms with van der Waals surface area (Å²) in [6, 6.07) is 19.8. The van der Waals surface area contributed by atoms with E-state index in [4.69, 9.17) is 20.5 Å². The highest BCUT2D eigenvalue weighted by molar-refractivity contribution is 14.1. The highest BCUT2D eigenvalue weighted by atomic mass is 127. The van der Waals surface area contributed by atoms with E-state index in [9.17, 15) is 4.79 Å². The number of hydrogen-bond donors (Lipinski definition) is 1. The van der Waals surface area contributed by atoms with Gasteiger partial charge in [0, 0.05) is 0 Å². The van der Waals surface area contributed by atoms with Crippen LogP contribution < -0.4 is 15.2 Å². The molecule has 0 aliphatic heterocycles. The minimum Gasteiger partial charge on any atom is -0.490 e. The molecule has 0 unspecified atom stereocenters. The molecule has 3 aromatic carbocycles. The lowest BCUT2D eigenvalue weighted by Crippen LogP contribution is -2.12. The van der Waals surface area contributed by atoms with Crippen molar-refractivity contribution < 1.29 is 14.3 Å². The van der Waals surface area contributed by atoms with E-state index >= 15 is 0 Å². The average molecular weight is 498 g/mol. The minimum absolute atomic E-state index is 0.118. The van der Waals surface area contributed by atoms with Gasteiger partial charge in [-0.1, -0.05) is 36.4 Å². The Morgan fingerprint density at radius 3 is 2.59 bits per heavy atom. The van der Waals surface area contributed by atoms with Gasteiger partial charge in [-0.05, 0) is 75.7 Å². The van der Waals surface area contributed by atoms with Gasteiger partial charge in [0.1, 0.15) is 18.2 Å². The van der Waals surface area contributed by atoms with Crippen LogP contribution >= 0.6 is 22.6 Å². The number of nitrogens with zero attached hydrogens (tertiary/aromatic N) is 1. The van der Waals surface area contributed by atoms with E-state index in [0.717, 1.165) is 14.5 Å². The van der Waals surface area contributed by atoms with Gasteiger partial charge in [0.25, 0.3) is 5.91 Å². The maximum Gasteiger partial charge on any atom is 0.259 e. The number of ether oxygens (including phenoxy) is 2. The molecule has 2 N–H and O–H groups in total. The molecule has 3 rings (SSSR count). The molecule has 0 atom stereocenters. The van der Waals surface area contributed by atoms with Gasteiger partial charge in [0.2, 0.25) is 0 Å². The number of carbonyl (C=O) groups is 1. The first kappa shape index (κ1) is 20.7. The number of benzene rings is 3. The van der Waals surface area contributed by atoms with Gasteiger partial charge in [-0.2, -0.15) is 5.26 Å². The number of nitriles is 1. The lowest BCUT2D eigenvalue weighted by atomic mass is 10.1. The molecule has 0 aliphatic carbocycles. The fourth-order valence-electron chi connectivity index (χ4n) is 2.88. The molecule has 0 fully saturated rings. The maximum absolute atomic E-state index is 11.3. The van der Waals surface area contributed by atoms with Crippen molar-refractivity contribution in [1.29, 1.82) is 5.26 Å². The molecule has 0 bridgehead atoms. The summed E-state index contributed by atoms with van der Waals surface area (Å²) >= 11 is 2.15. The highest BCUT2D eigenvalue weighted by Crippen LogP contribution is 2.35. The van der Waals surface area contributed by atoms with Crippen molar-refractivity contribution in [2.75, 3.05) is 6.61 Å². The summed E-state index contributed by atoms with van der Waals surface area (Å²) in [4.78, 5) is 11.3. The normalized spacial score (nSPS) is 11.1. The Hall–Kier alpha value is -3.05. The molecule has 0 aliphatic rings. The number of halogens is 1. The lowest BCUT2D eigenvalue weighted by Gasteiger charge is -2.15. The van der Waals surface area contributed by atoms with Gasteiger partial charge in [-0.25, -0.2) is 0 Å². The summed E-state index contributed by atoms with van der Waals surface area (Å²) in [7, 11) is 0. The Balaban J connectivity index is 1.89. The third-order valence-corrected chi connectivity index (χ3v) is 5.03. The molecular formula is C23H19IN2O3. The molecule has 3 aromatic rings. The van der Waals surface area contributed by atoms with Gasteiger partial charge in [-0.3, -0.25) is 4.79 Å². The largest absolute Gasteiger partial charge is 0.490 e. The molecule has 1 amide bonds. The van der Waals surface area contributed by atoms with Crippen LogP contribution in [0.4, 0.5) is 0 Å². The number of carbonyl (C=O) groups excluding carboxylic acids is 1. The van der Waals surface area contributed by atoms with E-state index in [1.807, 2.05) is 37.3 Å². The molecule has 0 spiro atoms. The second-order valence-corrected chi connectivity index (χ2v) is 7.43. The zero-order valence-corrected chi connectivity index (χ0v) is 18.0. The zero-order chi connectivity index (χ0) is 20.8. The molecule has 0 radical (unpaired) electrons. The van der Waals surface area contributed by atoms with Gasteiger partial charge in [0.05, 0.1) is 10.2 Å². The van der Waals surface area contributed by atoms with Gasteiger partial charge < -0.3 is 15.2 Å². The zero-order valence-electron chi connectivity index (χ0n) is 15.8. The Morgan fingerprint density at radius 1 is 1.14 bits per heavy atom. The first-order valence-corrected chi connectivity index (χ1v) is 10.1. The fraction of sp³-hybridized carbons (Fsp3) is 0.130. The number of hydrogen-bond acceptors (Lipinski definition) is 4. The van der Waals surface area contributed by atoms with Crippen LogP contribution in [0.1, 0.15) is 18.1 Å². The van der Waals surface area contributed by atoms with Crippen molar-refractivity contribution in [1.82, 2.24) is 0 Å². The summed E-state index contributed by atoms with van der Waals surface area (Å²) in [5.41, 5.74) is 6.80. The summed E-state index contributed by atoms with van der Waals surface area (Å²) in [5.74, 6) is 0.403. The van der Waals surface area contributed by atoms with Crippen molar-refractivity contribution >= 4 is 45.3 Å². The second-order valence-electron chi connectivity index (χ2n) is 6.27. The van der Waals surface area contributed by atoms with Crippen molar-refractivity contribution in [2.45, 2.75) is 13.5 Å². The first-order valence-electron chi connectivity index (χ1n) is 9.00. The molecule has 6 heteroatoms. The smallest absolute Gasteiger partial charge is 0.259 e. The topological polar surface area (TPSA) is 85.3 Å². The summed E-state index contributed by atoms with van der Waals surface area (Å²) in [5, 5.41) is 11.4. The van der Waals surface area contributed by atoms with Crippen LogP contribution in [0.25, 0.3) is 16.8 Å². The summed E-state index contributed by atoms with van der Waals surface area (Å²) in [6.45, 7) is 2.73. The monoisotopic (exact) mass is 498 g/mol. The van der Waals surface area contributed by atoms with Crippen LogP contribution in [0.15, 0.2) is 60.2 Å². The van der Waals surface area contributed by atoms with Gasteiger partial charge in [0.15, 0.2) is 11.5 Å². The number of rotatable bonds is 7. The molecule has 146 valence electrons. The molecule has 0 aromatic heterocycles. The molecule has 0 saturated heterocycles. The first-order chi connectivity index (χ1) is 14.0. The Labute approximate surface area is 182 Å². The average Bonchev–Trinajstić information content (AvgIpc) is 2.71. The molecule has 0 heterocycles. The fourth-order valence-corrected chi connectivity index (χ4v) is 3.66. The van der Waals surface area contributed by atoms with E-state index < -0.39 is 5.91 Å². The van der Waals surface area contributed by atoms with E-state index in [0.29, 0.717) is 30.3 Å². The van der Waals surface area contributed by atoms with Crippen molar-refractivity contribution in [3.63, 3.8) is 0 Å². The minimum atomic E-state index is -0.767. The Morgan fingerprint density at radius 2 is 1.90 bits per heavy atom. The third-order valence-electron chi connectivity index (χ3n) is 4.23. The van der Waals surface area contributed by atoms with E-state index in [1.54, 1.807) is 6.07 Å². The lowest BCUT2D eigenvalue weighted by molar-refractivity contribution is -0.114. The second kappa shape index (κ2) is 9.43. The standard InChI is InChI=1S/C23H19IN2O3/c1-2-28-21-12-16(10-19(13-25)23(26)27)11-20(24)22(21)29-14-15-7-8-17-5-3-4-6-18(17)9-15/h3-12H,2,14H2,1H3,(H2,26,27)/b19-10-. The Bertz CT molecular complexity index is 1130. The van der Waals surface area contributed by atoms with E-state index in [1.165, 1.54) is 11.5 Å². The number of primary amides is 1. The van der Waals surface area contributed by atoms with Gasteiger partial charge in [-0.15, -0.1) is 0 Å². The van der Waals surface area contributed by atoms with Crippen LogP contribution in [0.5, 0.6) is 11.5 Å². The van der Waals surface area contributed by atoms with E-state index in [-0.39, 0.29) is 5.57 Å². The SMILES string of the molecule is CCOc1cc(/C=C(/C#N)C(N)=O)cc(I)c1OCc1ccc2ccccc2c1. The number of nitrogens with two attached hydrogens (primary N) is 1. The number of fused-ring (bicyclic) bond motifs is 1. The predicted octanol–water partition coefficient (Wildman–Crippen LogP) is 4.81.